The molecule has 2 aromatic carbocycles. The maximum Gasteiger partial charge on any atom is 0.270 e. The van der Waals surface area contributed by atoms with Crippen LogP contribution in [0, 0.1) is 16.0 Å². The number of amides is 2. The summed E-state index contributed by atoms with van der Waals surface area (Å²) >= 11 is 3.26. The molecule has 10 heteroatoms. The van der Waals surface area contributed by atoms with Crippen LogP contribution in [0.3, 0.4) is 0 Å². The summed E-state index contributed by atoms with van der Waals surface area (Å²) < 4.78 is 0.753. The Morgan fingerprint density at radius 2 is 1.74 bits per heavy atom. The van der Waals surface area contributed by atoms with Crippen LogP contribution in [-0.4, -0.2) is 28.7 Å². The number of benzene rings is 2. The van der Waals surface area contributed by atoms with Crippen LogP contribution in [0.2, 0.25) is 0 Å². The lowest BCUT2D eigenvalue weighted by atomic mass is 10.0. The van der Waals surface area contributed by atoms with E-state index < -0.39 is 34.7 Å². The number of nitro groups is 1. The number of carbonyl (C=O) groups is 3. The minimum atomic E-state index is -1.47. The molecule has 2 N–H and O–H groups in total. The summed E-state index contributed by atoms with van der Waals surface area (Å²) in [6.45, 7) is 3.18. The summed E-state index contributed by atoms with van der Waals surface area (Å²) in [5.74, 6) is -3.44. The number of nitrogens with zero attached hydrogens (tertiary/aromatic N) is 1. The molecule has 0 aliphatic heterocycles. The van der Waals surface area contributed by atoms with E-state index >= 15 is 0 Å². The van der Waals surface area contributed by atoms with Gasteiger partial charge in [0, 0.05) is 22.2 Å². The Hall–Kier alpha value is -3.53. The van der Waals surface area contributed by atoms with E-state index in [0.717, 1.165) is 4.47 Å². The van der Waals surface area contributed by atoms with Gasteiger partial charge < -0.3 is 20.5 Å². The highest BCUT2D eigenvalue weighted by Crippen LogP contribution is 2.16. The number of nitrogens with one attached hydrogen (secondary N) is 2. The van der Waals surface area contributed by atoms with Crippen molar-refractivity contribution in [2.45, 2.75) is 19.9 Å². The first-order chi connectivity index (χ1) is 14.6. The van der Waals surface area contributed by atoms with Gasteiger partial charge in [-0.05, 0) is 41.8 Å². The molecule has 0 heterocycles. The summed E-state index contributed by atoms with van der Waals surface area (Å²) in [6.07, 6.45) is 1.23. The van der Waals surface area contributed by atoms with Crippen molar-refractivity contribution in [3.05, 3.63) is 79.9 Å². The summed E-state index contributed by atoms with van der Waals surface area (Å²) in [5, 5.41) is 27.1. The Morgan fingerprint density at radius 3 is 2.29 bits per heavy atom. The molecule has 2 amide bonds. The fourth-order valence-corrected chi connectivity index (χ4v) is 2.83. The predicted molar refractivity (Wildman–Crippen MR) is 114 cm³/mol. The van der Waals surface area contributed by atoms with Crippen molar-refractivity contribution in [2.75, 3.05) is 0 Å². The van der Waals surface area contributed by atoms with Crippen molar-refractivity contribution < 1.29 is 24.4 Å². The number of halogens is 1. The smallest absolute Gasteiger partial charge is 0.270 e. The van der Waals surface area contributed by atoms with E-state index in [1.807, 2.05) is 0 Å². The molecule has 0 radical (unpaired) electrons. The summed E-state index contributed by atoms with van der Waals surface area (Å²) in [6, 6.07) is 10.5. The Bertz CT molecular complexity index is 1030. The average molecular weight is 489 g/mol. The van der Waals surface area contributed by atoms with E-state index in [4.69, 9.17) is 0 Å². The van der Waals surface area contributed by atoms with Crippen molar-refractivity contribution in [3.63, 3.8) is 0 Å². The minimum absolute atomic E-state index is 0.206. The van der Waals surface area contributed by atoms with Crippen LogP contribution in [0.25, 0.3) is 6.08 Å². The van der Waals surface area contributed by atoms with Gasteiger partial charge in [-0.25, -0.2) is 0 Å². The normalized spacial score (nSPS) is 12.2. The number of non-ortho nitro benzene ring substituents is 1. The Labute approximate surface area is 186 Å². The predicted octanol–water partition coefficient (Wildman–Crippen LogP) is 2.02. The van der Waals surface area contributed by atoms with Crippen LogP contribution in [0.15, 0.2) is 58.7 Å². The lowest BCUT2D eigenvalue weighted by Gasteiger charge is -2.24. The van der Waals surface area contributed by atoms with Gasteiger partial charge in [0.2, 0.25) is 0 Å². The van der Waals surface area contributed by atoms with Gasteiger partial charge >= 0.3 is 0 Å². The summed E-state index contributed by atoms with van der Waals surface area (Å²) in [4.78, 5) is 47.1. The molecule has 2 rings (SSSR count). The molecule has 9 nitrogen and oxygen atoms in total. The number of nitro benzene ring substituents is 1. The number of hydrogen-bond acceptors (Lipinski definition) is 6. The number of carboxylic acids is 1. The van der Waals surface area contributed by atoms with Gasteiger partial charge in [0.15, 0.2) is 0 Å². The standard InChI is InChI=1S/C21H20BrN3O6/c1-12(2)18(21(28)29)24-20(27)17(11-13-4-3-5-16(10-13)25(30)31)23-19(26)14-6-8-15(22)9-7-14/h3-12,18H,1-2H3,(H,23,26)(H,24,27)(H,28,29)/p-1/b17-11-/t18-/m1/s1. The number of rotatable bonds is 8. The van der Waals surface area contributed by atoms with E-state index in [-0.39, 0.29) is 22.5 Å². The largest absolute Gasteiger partial charge is 0.548 e. The molecule has 0 aliphatic carbocycles. The maximum absolute atomic E-state index is 12.8. The van der Waals surface area contributed by atoms with E-state index in [0.29, 0.717) is 0 Å². The summed E-state index contributed by atoms with van der Waals surface area (Å²) in [5.41, 5.74) is 0.0362. The van der Waals surface area contributed by atoms with Gasteiger partial charge in [-0.1, -0.05) is 41.9 Å². The van der Waals surface area contributed by atoms with Crippen LogP contribution in [0.1, 0.15) is 29.8 Å². The second-order valence-corrected chi connectivity index (χ2v) is 7.80. The lowest BCUT2D eigenvalue weighted by molar-refractivity contribution is -0.384. The zero-order valence-corrected chi connectivity index (χ0v) is 18.2. The molecule has 1 atom stereocenters. The fourth-order valence-electron chi connectivity index (χ4n) is 2.57. The fraction of sp³-hybridized carbons (Fsp3) is 0.190. The van der Waals surface area contributed by atoms with Gasteiger partial charge in [0.05, 0.1) is 16.9 Å². The highest BCUT2D eigenvalue weighted by Gasteiger charge is 2.21. The van der Waals surface area contributed by atoms with Crippen LogP contribution in [-0.2, 0) is 9.59 Å². The second-order valence-electron chi connectivity index (χ2n) is 6.89. The first kappa shape index (κ1) is 23.7. The zero-order chi connectivity index (χ0) is 23.1. The average Bonchev–Trinajstić information content (AvgIpc) is 2.71. The monoisotopic (exact) mass is 488 g/mol. The van der Waals surface area contributed by atoms with Crippen molar-refractivity contribution >= 4 is 45.5 Å². The number of aliphatic carboxylic acids is 1. The Balaban J connectivity index is 2.40. The van der Waals surface area contributed by atoms with E-state index in [9.17, 15) is 29.6 Å². The van der Waals surface area contributed by atoms with Crippen LogP contribution in [0.5, 0.6) is 0 Å². The van der Waals surface area contributed by atoms with E-state index in [1.165, 1.54) is 42.5 Å². The topological polar surface area (TPSA) is 141 Å². The third-order valence-electron chi connectivity index (χ3n) is 4.20. The molecule has 162 valence electrons. The third kappa shape index (κ3) is 6.75. The highest BCUT2D eigenvalue weighted by atomic mass is 79.9. The molecule has 2 aromatic rings. The van der Waals surface area contributed by atoms with E-state index in [1.54, 1.807) is 26.0 Å². The van der Waals surface area contributed by atoms with Gasteiger partial charge in [-0.2, -0.15) is 0 Å². The van der Waals surface area contributed by atoms with Gasteiger partial charge in [0.1, 0.15) is 5.70 Å². The van der Waals surface area contributed by atoms with Gasteiger partial charge in [0.25, 0.3) is 17.5 Å². The number of hydrogen-bond donors (Lipinski definition) is 2. The highest BCUT2D eigenvalue weighted by molar-refractivity contribution is 9.10. The molecule has 0 aliphatic rings. The first-order valence-electron chi connectivity index (χ1n) is 9.13. The molecule has 0 spiro atoms. The maximum atomic E-state index is 12.8. The second kappa shape index (κ2) is 10.5. The van der Waals surface area contributed by atoms with Crippen molar-refractivity contribution in [1.82, 2.24) is 10.6 Å². The number of carboxylic acid groups (broad SMARTS) is 1. The third-order valence-corrected chi connectivity index (χ3v) is 4.73. The van der Waals surface area contributed by atoms with Crippen LogP contribution in [0.4, 0.5) is 5.69 Å². The lowest BCUT2D eigenvalue weighted by Crippen LogP contribution is -2.52. The quantitative estimate of drug-likeness (QED) is 0.330. The van der Waals surface area contributed by atoms with E-state index in [2.05, 4.69) is 26.6 Å². The molecular formula is C21H19BrN3O6-. The van der Waals surface area contributed by atoms with Crippen molar-refractivity contribution in [2.24, 2.45) is 5.92 Å². The van der Waals surface area contributed by atoms with Gasteiger partial charge in [-0.3, -0.25) is 19.7 Å². The molecule has 0 saturated carbocycles. The Kier molecular flexibility index (Phi) is 8.03. The van der Waals surface area contributed by atoms with Crippen LogP contribution >= 0.6 is 15.9 Å². The van der Waals surface area contributed by atoms with Crippen molar-refractivity contribution in [1.29, 1.82) is 0 Å². The molecule has 31 heavy (non-hydrogen) atoms. The SMILES string of the molecule is CC(C)[C@@H](NC(=O)/C(=C/c1cccc([N+](=O)[O-])c1)NC(=O)c1ccc(Br)cc1)C(=O)[O-]. The zero-order valence-electron chi connectivity index (χ0n) is 16.6. The number of carbonyl (C=O) groups excluding carboxylic acids is 3. The first-order valence-corrected chi connectivity index (χ1v) is 9.92. The van der Waals surface area contributed by atoms with Crippen LogP contribution < -0.4 is 15.7 Å². The molecule has 0 bridgehead atoms. The minimum Gasteiger partial charge on any atom is -0.548 e. The van der Waals surface area contributed by atoms with Crippen molar-refractivity contribution in [3.8, 4) is 0 Å². The summed E-state index contributed by atoms with van der Waals surface area (Å²) in [7, 11) is 0. The molecule has 0 fully saturated rings. The molecule has 0 saturated heterocycles. The molecular weight excluding hydrogens is 470 g/mol. The molecule has 0 aromatic heterocycles. The van der Waals surface area contributed by atoms with Gasteiger partial charge in [-0.15, -0.1) is 0 Å². The Morgan fingerprint density at radius 1 is 1.10 bits per heavy atom. The molecule has 0 unspecified atom stereocenters.